The van der Waals surface area contributed by atoms with Crippen LogP contribution in [0.5, 0.6) is 0 Å². The van der Waals surface area contributed by atoms with Gasteiger partial charge in [0.15, 0.2) is 0 Å². The zero-order chi connectivity index (χ0) is 19.8. The van der Waals surface area contributed by atoms with Crippen LogP contribution in [-0.2, 0) is 11.3 Å². The predicted molar refractivity (Wildman–Crippen MR) is 106 cm³/mol. The van der Waals surface area contributed by atoms with Crippen molar-refractivity contribution in [2.75, 3.05) is 5.32 Å². The van der Waals surface area contributed by atoms with Crippen LogP contribution in [0.4, 0.5) is 5.13 Å². The van der Waals surface area contributed by atoms with E-state index >= 15 is 0 Å². The normalized spacial score (nSPS) is 11.1. The molecule has 0 fully saturated rings. The molecule has 0 atom stereocenters. The smallest absolute Gasteiger partial charge is 0.293 e. The maximum absolute atomic E-state index is 13.0. The van der Waals surface area contributed by atoms with Crippen LogP contribution in [0.3, 0.4) is 0 Å². The summed E-state index contributed by atoms with van der Waals surface area (Å²) in [5.74, 6) is -0.418. The highest BCUT2D eigenvalue weighted by atomic mass is 35.5. The summed E-state index contributed by atoms with van der Waals surface area (Å²) in [6, 6.07) is 7.01. The van der Waals surface area contributed by atoms with E-state index in [9.17, 15) is 9.59 Å². The van der Waals surface area contributed by atoms with Gasteiger partial charge >= 0.3 is 0 Å². The Balaban J connectivity index is 1.74. The van der Waals surface area contributed by atoms with Crippen LogP contribution in [0.15, 0.2) is 35.3 Å². The highest BCUT2D eigenvalue weighted by molar-refractivity contribution is 7.15. The van der Waals surface area contributed by atoms with Crippen molar-refractivity contribution in [1.29, 1.82) is 0 Å². The number of aryl methyl sites for hydroxylation is 2. The number of anilines is 1. The van der Waals surface area contributed by atoms with Gasteiger partial charge in [-0.1, -0.05) is 29.0 Å². The van der Waals surface area contributed by atoms with Crippen molar-refractivity contribution in [3.63, 3.8) is 0 Å². The first-order valence-corrected chi connectivity index (χ1v) is 9.43. The van der Waals surface area contributed by atoms with Gasteiger partial charge in [-0.25, -0.2) is 9.36 Å². The summed E-state index contributed by atoms with van der Waals surface area (Å²) in [7, 11) is 0. The van der Waals surface area contributed by atoms with E-state index < -0.39 is 11.5 Å². The van der Waals surface area contributed by atoms with Gasteiger partial charge in [-0.05, 0) is 32.0 Å². The number of carbonyl (C=O) groups is 1. The molecule has 1 amide bonds. The Morgan fingerprint density at radius 2 is 2.11 bits per heavy atom. The highest BCUT2D eigenvalue weighted by Gasteiger charge is 2.17. The fraction of sp³-hybridized carbons (Fsp3) is 0.176. The lowest BCUT2D eigenvalue weighted by Gasteiger charge is -2.08. The van der Waals surface area contributed by atoms with E-state index in [-0.39, 0.29) is 6.54 Å². The second-order valence-corrected chi connectivity index (χ2v) is 7.64. The molecule has 0 saturated carbocycles. The van der Waals surface area contributed by atoms with Crippen molar-refractivity contribution in [2.24, 2.45) is 0 Å². The molecule has 0 radical (unpaired) electrons. The molecule has 0 aliphatic heterocycles. The number of hydrogen-bond donors (Lipinski definition) is 1. The molecule has 1 aromatic carbocycles. The number of nitrogens with one attached hydrogen (secondary N) is 1. The largest absolute Gasteiger partial charge is 0.299 e. The van der Waals surface area contributed by atoms with Crippen molar-refractivity contribution in [3.05, 3.63) is 56.5 Å². The molecule has 0 spiro atoms. The summed E-state index contributed by atoms with van der Waals surface area (Å²) in [5, 5.41) is 21.1. The van der Waals surface area contributed by atoms with Crippen molar-refractivity contribution in [2.45, 2.75) is 20.4 Å². The molecular formula is C17H14ClN7O2S. The van der Waals surface area contributed by atoms with Gasteiger partial charge in [0, 0.05) is 10.4 Å². The molecule has 0 bridgehead atoms. The van der Waals surface area contributed by atoms with Crippen LogP contribution in [0.25, 0.3) is 16.6 Å². The Bertz CT molecular complexity index is 1260. The third-order valence-electron chi connectivity index (χ3n) is 3.99. The van der Waals surface area contributed by atoms with E-state index in [2.05, 4.69) is 25.7 Å². The van der Waals surface area contributed by atoms with Gasteiger partial charge in [0.1, 0.15) is 17.1 Å². The fourth-order valence-electron chi connectivity index (χ4n) is 2.77. The minimum Gasteiger partial charge on any atom is -0.299 e. The minimum atomic E-state index is -0.429. The maximum Gasteiger partial charge on any atom is 0.293 e. The number of aromatic nitrogens is 6. The first kappa shape index (κ1) is 18.3. The lowest BCUT2D eigenvalue weighted by molar-refractivity contribution is -0.117. The first-order chi connectivity index (χ1) is 13.4. The Kier molecular flexibility index (Phi) is 4.65. The summed E-state index contributed by atoms with van der Waals surface area (Å²) in [6.45, 7) is 3.29. The van der Waals surface area contributed by atoms with E-state index in [4.69, 9.17) is 11.6 Å². The maximum atomic E-state index is 13.0. The van der Waals surface area contributed by atoms with Gasteiger partial charge in [-0.3, -0.25) is 14.9 Å². The summed E-state index contributed by atoms with van der Waals surface area (Å²) in [5.41, 5.74) is 1.13. The van der Waals surface area contributed by atoms with Gasteiger partial charge in [0.05, 0.1) is 17.6 Å². The lowest BCUT2D eigenvalue weighted by Crippen LogP contribution is -2.31. The van der Waals surface area contributed by atoms with E-state index in [0.29, 0.717) is 32.4 Å². The third-order valence-corrected chi connectivity index (χ3v) is 4.97. The average Bonchev–Trinajstić information content (AvgIpc) is 3.26. The molecule has 0 aliphatic carbocycles. The number of amides is 1. The molecule has 4 aromatic rings. The van der Waals surface area contributed by atoms with E-state index in [1.54, 1.807) is 44.3 Å². The van der Waals surface area contributed by atoms with Crippen molar-refractivity contribution in [3.8, 4) is 5.69 Å². The Hall–Kier alpha value is -3.11. The van der Waals surface area contributed by atoms with Crippen LogP contribution in [0, 0.1) is 13.8 Å². The molecule has 11 heteroatoms. The van der Waals surface area contributed by atoms with Crippen LogP contribution in [-0.4, -0.2) is 35.7 Å². The van der Waals surface area contributed by atoms with Crippen molar-refractivity contribution >= 4 is 44.9 Å². The number of carbonyl (C=O) groups excluding carboxylic acids is 1. The predicted octanol–water partition coefficient (Wildman–Crippen LogP) is 2.34. The number of nitrogens with zero attached hydrogens (tertiary/aromatic N) is 6. The number of hydrogen-bond acceptors (Lipinski definition) is 7. The van der Waals surface area contributed by atoms with Crippen molar-refractivity contribution < 1.29 is 4.79 Å². The van der Waals surface area contributed by atoms with E-state index in [0.717, 1.165) is 9.69 Å². The average molecular weight is 416 g/mol. The monoisotopic (exact) mass is 415 g/mol. The number of rotatable bonds is 4. The minimum absolute atomic E-state index is 0.255. The Morgan fingerprint density at radius 1 is 1.29 bits per heavy atom. The van der Waals surface area contributed by atoms with Gasteiger partial charge in [-0.2, -0.15) is 10.2 Å². The van der Waals surface area contributed by atoms with Crippen LogP contribution in [0.2, 0.25) is 5.02 Å². The summed E-state index contributed by atoms with van der Waals surface area (Å²) >= 11 is 7.31. The van der Waals surface area contributed by atoms with Crippen LogP contribution < -0.4 is 10.9 Å². The molecule has 0 saturated heterocycles. The topological polar surface area (TPSA) is 108 Å². The second-order valence-electron chi connectivity index (χ2n) is 6.02. The lowest BCUT2D eigenvalue weighted by atomic mass is 10.2. The molecule has 4 rings (SSSR count). The first-order valence-electron chi connectivity index (χ1n) is 8.24. The number of benzene rings is 1. The molecule has 28 heavy (non-hydrogen) atoms. The highest BCUT2D eigenvalue weighted by Crippen LogP contribution is 2.20. The van der Waals surface area contributed by atoms with E-state index in [1.165, 1.54) is 16.0 Å². The second kappa shape index (κ2) is 7.13. The molecule has 0 unspecified atom stereocenters. The molecule has 0 aliphatic rings. The molecule has 3 aromatic heterocycles. The van der Waals surface area contributed by atoms with E-state index in [1.807, 2.05) is 0 Å². The van der Waals surface area contributed by atoms with Crippen molar-refractivity contribution in [1.82, 2.24) is 29.8 Å². The molecule has 9 nitrogen and oxygen atoms in total. The molecule has 3 heterocycles. The summed E-state index contributed by atoms with van der Waals surface area (Å²) < 4.78 is 2.62. The molecular weight excluding hydrogens is 402 g/mol. The van der Waals surface area contributed by atoms with Gasteiger partial charge in [0.2, 0.25) is 11.0 Å². The molecule has 142 valence electrons. The van der Waals surface area contributed by atoms with Crippen LogP contribution in [0.1, 0.15) is 10.7 Å². The standard InChI is InChI=1S/C17H14ClN7O2S/c1-9-13-7-19-25(12-5-3-4-11(18)6-12)15(13)16(27)24(23-9)8-14(26)20-17-22-21-10(2)28-17/h3-7H,8H2,1-2H3,(H,20,22,26). The third kappa shape index (κ3) is 3.39. The summed E-state index contributed by atoms with van der Waals surface area (Å²) in [4.78, 5) is 25.3. The SMILES string of the molecule is Cc1nnc(NC(=O)Cn2nc(C)c3cnn(-c4cccc(Cl)c4)c3c2=O)s1. The molecule has 1 N–H and O–H groups in total. The van der Waals surface area contributed by atoms with Gasteiger partial charge in [-0.15, -0.1) is 10.2 Å². The zero-order valence-corrected chi connectivity index (χ0v) is 16.5. The Labute approximate surface area is 167 Å². The number of fused-ring (bicyclic) bond motifs is 1. The summed E-state index contributed by atoms with van der Waals surface area (Å²) in [6.07, 6.45) is 1.58. The quantitative estimate of drug-likeness (QED) is 0.548. The number of halogens is 1. The van der Waals surface area contributed by atoms with Gasteiger partial charge in [0.25, 0.3) is 5.56 Å². The van der Waals surface area contributed by atoms with Crippen LogP contribution >= 0.6 is 22.9 Å². The zero-order valence-electron chi connectivity index (χ0n) is 14.9. The Morgan fingerprint density at radius 3 is 2.82 bits per heavy atom. The van der Waals surface area contributed by atoms with Gasteiger partial charge < -0.3 is 0 Å². The fourth-order valence-corrected chi connectivity index (χ4v) is 3.57.